The van der Waals surface area contributed by atoms with E-state index in [0.717, 1.165) is 61.4 Å². The molecule has 5 rings (SSSR count). The fraction of sp³-hybridized carbons (Fsp3) is 0.375. The minimum atomic E-state index is -0.194. The van der Waals surface area contributed by atoms with Crippen molar-refractivity contribution in [2.75, 3.05) is 45.1 Å². The number of imidazole rings is 1. The monoisotopic (exact) mass is 527 g/mol. The number of rotatable bonds is 6. The summed E-state index contributed by atoms with van der Waals surface area (Å²) in [7, 11) is 2.17. The lowest BCUT2D eigenvalue weighted by molar-refractivity contribution is 0.102. The molecule has 1 aliphatic heterocycles. The molecule has 7 nitrogen and oxygen atoms in total. The molecule has 1 amide bonds. The minimum Gasteiger partial charge on any atom is -0.507 e. The van der Waals surface area contributed by atoms with E-state index in [4.69, 9.17) is 0 Å². The van der Waals surface area contributed by atoms with Gasteiger partial charge in [-0.3, -0.25) is 4.79 Å². The Labute approximate surface area is 231 Å². The molecule has 39 heavy (non-hydrogen) atoms. The minimum absolute atomic E-state index is 0. The summed E-state index contributed by atoms with van der Waals surface area (Å²) in [6, 6.07) is 19.2. The fourth-order valence-corrected chi connectivity index (χ4v) is 4.93. The van der Waals surface area contributed by atoms with E-state index >= 15 is 0 Å². The second-order valence-corrected chi connectivity index (χ2v) is 11.3. The number of amides is 1. The number of phenolic OH excluding ortho intramolecular Hbond substituents is 1. The third kappa shape index (κ3) is 6.49. The lowest BCUT2D eigenvalue weighted by Gasteiger charge is -2.32. The van der Waals surface area contributed by atoms with Crippen LogP contribution in [0.1, 0.15) is 49.7 Å². The van der Waals surface area contributed by atoms with Gasteiger partial charge in [-0.25, -0.2) is 4.98 Å². The Hall–Kier alpha value is -3.68. The van der Waals surface area contributed by atoms with Crippen molar-refractivity contribution in [3.05, 3.63) is 77.4 Å². The number of hydrogen-bond acceptors (Lipinski definition) is 5. The summed E-state index contributed by atoms with van der Waals surface area (Å²) in [6.45, 7) is 11.8. The van der Waals surface area contributed by atoms with Gasteiger partial charge in [-0.15, -0.1) is 0 Å². The van der Waals surface area contributed by atoms with Crippen molar-refractivity contribution in [3.8, 4) is 17.1 Å². The van der Waals surface area contributed by atoms with Gasteiger partial charge in [-0.2, -0.15) is 0 Å². The van der Waals surface area contributed by atoms with Crippen molar-refractivity contribution in [3.63, 3.8) is 0 Å². The van der Waals surface area contributed by atoms with Crippen molar-refractivity contribution in [2.24, 2.45) is 0 Å². The largest absolute Gasteiger partial charge is 0.507 e. The number of hydrogen-bond donors (Lipinski definition) is 3. The molecule has 0 atom stereocenters. The number of nitrogens with one attached hydrogen (secondary N) is 2. The molecule has 0 bridgehead atoms. The van der Waals surface area contributed by atoms with E-state index in [1.165, 1.54) is 5.56 Å². The number of aromatic nitrogens is 2. The number of carbonyl (C=O) groups is 1. The molecule has 206 valence electrons. The van der Waals surface area contributed by atoms with Gasteiger partial charge in [0.25, 0.3) is 5.91 Å². The smallest absolute Gasteiger partial charge is 0.255 e. The van der Waals surface area contributed by atoms with Gasteiger partial charge in [0.1, 0.15) is 11.6 Å². The number of nitrogens with zero attached hydrogens (tertiary/aromatic N) is 3. The van der Waals surface area contributed by atoms with E-state index < -0.39 is 0 Å². The van der Waals surface area contributed by atoms with Crippen LogP contribution in [-0.4, -0.2) is 70.6 Å². The molecule has 1 aromatic heterocycles. The number of benzene rings is 3. The van der Waals surface area contributed by atoms with Crippen LogP contribution in [0.2, 0.25) is 0 Å². The number of likely N-dealkylation sites (N-methyl/N-ethyl adjacent to an activating group) is 1. The van der Waals surface area contributed by atoms with Gasteiger partial charge in [-0.1, -0.05) is 52.5 Å². The predicted octanol–water partition coefficient (Wildman–Crippen LogP) is 5.91. The number of phenols is 1. The zero-order valence-corrected chi connectivity index (χ0v) is 22.7. The average molecular weight is 528 g/mol. The lowest BCUT2D eigenvalue weighted by Crippen LogP contribution is -2.45. The van der Waals surface area contributed by atoms with E-state index in [2.05, 4.69) is 65.0 Å². The molecular weight excluding hydrogens is 486 g/mol. The summed E-state index contributed by atoms with van der Waals surface area (Å²) < 4.78 is 0. The third-order valence-corrected chi connectivity index (χ3v) is 7.37. The highest BCUT2D eigenvalue weighted by atomic mass is 16.3. The molecule has 1 fully saturated rings. The number of fused-ring (bicyclic) bond motifs is 1. The number of carbonyl (C=O) groups excluding carboxylic acids is 1. The number of anilines is 1. The zero-order valence-electron chi connectivity index (χ0n) is 22.7. The SMILES string of the molecule is C.CN1CCN(CCc2ccc(NC(=O)c3ccc4nc(-c5cccc(C(C)(C)C)c5O)[nH]c4c3)cc2)CC1. The Morgan fingerprint density at radius 2 is 1.74 bits per heavy atom. The van der Waals surface area contributed by atoms with Crippen LogP contribution in [0.3, 0.4) is 0 Å². The van der Waals surface area contributed by atoms with Crippen molar-refractivity contribution in [1.82, 2.24) is 19.8 Å². The molecule has 0 spiro atoms. The summed E-state index contributed by atoms with van der Waals surface area (Å²) >= 11 is 0. The van der Waals surface area contributed by atoms with E-state index in [1.54, 1.807) is 12.1 Å². The van der Waals surface area contributed by atoms with Crippen LogP contribution in [0.25, 0.3) is 22.4 Å². The highest BCUT2D eigenvalue weighted by Gasteiger charge is 2.22. The zero-order chi connectivity index (χ0) is 26.9. The summed E-state index contributed by atoms with van der Waals surface area (Å²) in [5.41, 5.74) is 5.38. The predicted molar refractivity (Wildman–Crippen MR) is 161 cm³/mol. The Balaban J connectivity index is 0.00000353. The quantitative estimate of drug-likeness (QED) is 0.290. The van der Waals surface area contributed by atoms with Crippen LogP contribution in [0.4, 0.5) is 5.69 Å². The first-order valence-corrected chi connectivity index (χ1v) is 13.3. The summed E-state index contributed by atoms with van der Waals surface area (Å²) in [5.74, 6) is 0.628. The van der Waals surface area contributed by atoms with Crippen LogP contribution in [0.5, 0.6) is 5.75 Å². The normalized spacial score (nSPS) is 14.8. The Bertz CT molecular complexity index is 1430. The van der Waals surface area contributed by atoms with Crippen molar-refractivity contribution in [1.29, 1.82) is 0 Å². The molecule has 0 radical (unpaired) electrons. The number of aromatic amines is 1. The Morgan fingerprint density at radius 3 is 2.44 bits per heavy atom. The number of aromatic hydroxyl groups is 1. The van der Waals surface area contributed by atoms with Crippen LogP contribution in [0, 0.1) is 0 Å². The van der Waals surface area contributed by atoms with Crippen molar-refractivity contribution in [2.45, 2.75) is 40.0 Å². The van der Waals surface area contributed by atoms with Gasteiger partial charge in [0, 0.05) is 44.0 Å². The van der Waals surface area contributed by atoms with E-state index in [0.29, 0.717) is 17.0 Å². The molecule has 4 aromatic rings. The van der Waals surface area contributed by atoms with E-state index in [1.807, 2.05) is 36.4 Å². The molecule has 3 N–H and O–H groups in total. The molecule has 0 saturated carbocycles. The third-order valence-electron chi connectivity index (χ3n) is 7.37. The average Bonchev–Trinajstić information content (AvgIpc) is 3.32. The molecule has 3 aromatic carbocycles. The van der Waals surface area contributed by atoms with Crippen LogP contribution in [-0.2, 0) is 11.8 Å². The van der Waals surface area contributed by atoms with Crippen LogP contribution < -0.4 is 5.32 Å². The maximum absolute atomic E-state index is 13.0. The first-order chi connectivity index (χ1) is 18.2. The van der Waals surface area contributed by atoms with Crippen molar-refractivity contribution < 1.29 is 9.90 Å². The second kappa shape index (κ2) is 11.6. The summed E-state index contributed by atoms with van der Waals surface area (Å²) in [4.78, 5) is 25.8. The Morgan fingerprint density at radius 1 is 1.03 bits per heavy atom. The number of para-hydroxylation sites is 1. The summed E-state index contributed by atoms with van der Waals surface area (Å²) in [6.07, 6.45) is 1.00. The topological polar surface area (TPSA) is 84.5 Å². The second-order valence-electron chi connectivity index (χ2n) is 11.3. The van der Waals surface area contributed by atoms with E-state index in [-0.39, 0.29) is 24.5 Å². The number of H-pyrrole nitrogens is 1. The maximum Gasteiger partial charge on any atom is 0.255 e. The first kappa shape index (κ1) is 28.3. The van der Waals surface area contributed by atoms with Gasteiger partial charge in [0.2, 0.25) is 0 Å². The highest BCUT2D eigenvalue weighted by molar-refractivity contribution is 6.06. The van der Waals surface area contributed by atoms with Gasteiger partial charge in [0.15, 0.2) is 0 Å². The van der Waals surface area contributed by atoms with Crippen molar-refractivity contribution >= 4 is 22.6 Å². The molecule has 2 heterocycles. The van der Waals surface area contributed by atoms with Gasteiger partial charge in [-0.05, 0) is 66.4 Å². The lowest BCUT2D eigenvalue weighted by atomic mass is 9.85. The molecule has 1 saturated heterocycles. The highest BCUT2D eigenvalue weighted by Crippen LogP contribution is 2.37. The van der Waals surface area contributed by atoms with Gasteiger partial charge < -0.3 is 25.2 Å². The summed E-state index contributed by atoms with van der Waals surface area (Å²) in [5, 5.41) is 13.9. The number of piperazine rings is 1. The standard InChI is InChI=1S/C31H37N5O2.CH4/c1-31(2,3)25-7-5-6-24(28(25)37)29-33-26-13-10-22(20-27(26)34-29)30(38)32-23-11-8-21(9-12-23)14-15-36-18-16-35(4)17-19-36;/h5-13,20,37H,14-19H2,1-4H3,(H,32,38)(H,33,34);1H4. The maximum atomic E-state index is 13.0. The Kier molecular flexibility index (Phi) is 8.42. The molecule has 0 aliphatic carbocycles. The molecule has 0 unspecified atom stereocenters. The fourth-order valence-electron chi connectivity index (χ4n) is 4.93. The van der Waals surface area contributed by atoms with E-state index in [9.17, 15) is 9.90 Å². The molecule has 1 aliphatic rings. The first-order valence-electron chi connectivity index (χ1n) is 13.3. The molecule has 7 heteroatoms. The van der Waals surface area contributed by atoms with Crippen LogP contribution >= 0.6 is 0 Å². The van der Waals surface area contributed by atoms with Crippen LogP contribution in [0.15, 0.2) is 60.7 Å². The van der Waals surface area contributed by atoms with Gasteiger partial charge >= 0.3 is 0 Å². The molecular formula is C32H41N5O2. The van der Waals surface area contributed by atoms with Gasteiger partial charge in [0.05, 0.1) is 16.6 Å².